The van der Waals surface area contributed by atoms with Crippen LogP contribution in [0.25, 0.3) is 16.0 Å². The molecule has 8 heteroatoms. The Labute approximate surface area is 211 Å². The summed E-state index contributed by atoms with van der Waals surface area (Å²) in [4.78, 5) is 33.5. The molecule has 1 saturated heterocycles. The molecule has 0 aliphatic carbocycles. The van der Waals surface area contributed by atoms with Crippen molar-refractivity contribution in [3.8, 4) is 5.75 Å². The third kappa shape index (κ3) is 4.13. The summed E-state index contributed by atoms with van der Waals surface area (Å²) in [5.74, 6) is -0.611. The number of hydrogen-bond donors (Lipinski definition) is 1. The lowest BCUT2D eigenvalue weighted by atomic mass is 10.00. The average Bonchev–Trinajstić information content (AvgIpc) is 3.57. The van der Waals surface area contributed by atoms with E-state index in [0.29, 0.717) is 29.0 Å². The molecule has 0 saturated carbocycles. The van der Waals surface area contributed by atoms with Crippen LogP contribution in [0.1, 0.15) is 48.7 Å². The maximum Gasteiger partial charge on any atom is 0.301 e. The second kappa shape index (κ2) is 9.28. The standard InChI is InChI=1S/C27H24N2O4S2/c1-4-33-18-10-7-16(8-11-18)24(30)22-23(20-6-5-13-34-20)29(26(32)25(22)31)27-28-19-12-9-17(15(2)3)14-21(19)35-27/h5-15,23,30H,4H2,1-3H3/b24-22+. The van der Waals surface area contributed by atoms with Gasteiger partial charge in [0.05, 0.1) is 22.4 Å². The smallest absolute Gasteiger partial charge is 0.301 e. The normalized spacial score (nSPS) is 17.6. The van der Waals surface area contributed by atoms with Crippen LogP contribution < -0.4 is 9.64 Å². The zero-order valence-electron chi connectivity index (χ0n) is 19.5. The van der Waals surface area contributed by atoms with E-state index >= 15 is 0 Å². The molecule has 1 N–H and O–H groups in total. The number of anilines is 1. The summed E-state index contributed by atoms with van der Waals surface area (Å²) in [7, 11) is 0. The number of hydrogen-bond acceptors (Lipinski definition) is 7. The maximum atomic E-state index is 13.3. The first-order valence-electron chi connectivity index (χ1n) is 11.4. The van der Waals surface area contributed by atoms with Crippen LogP contribution in [0.15, 0.2) is 65.6 Å². The van der Waals surface area contributed by atoms with E-state index in [1.54, 1.807) is 24.3 Å². The van der Waals surface area contributed by atoms with Crippen LogP contribution in [0.3, 0.4) is 0 Å². The maximum absolute atomic E-state index is 13.3. The highest BCUT2D eigenvalue weighted by atomic mass is 32.1. The SMILES string of the molecule is CCOc1ccc(/C(O)=C2\C(=O)C(=O)N(c3nc4ccc(C(C)C)cc4s3)C2c2cccs2)cc1. The van der Waals surface area contributed by atoms with E-state index in [1.807, 2.05) is 36.6 Å². The van der Waals surface area contributed by atoms with E-state index < -0.39 is 17.7 Å². The average molecular weight is 505 g/mol. The number of aromatic nitrogens is 1. The molecule has 0 bridgehead atoms. The number of ketones is 1. The van der Waals surface area contributed by atoms with Gasteiger partial charge in [0.2, 0.25) is 0 Å². The van der Waals surface area contributed by atoms with E-state index in [4.69, 9.17) is 9.72 Å². The van der Waals surface area contributed by atoms with E-state index in [-0.39, 0.29) is 11.3 Å². The lowest BCUT2D eigenvalue weighted by molar-refractivity contribution is -0.132. The van der Waals surface area contributed by atoms with E-state index in [9.17, 15) is 14.7 Å². The molecule has 1 amide bonds. The van der Waals surface area contributed by atoms with Crippen LogP contribution in [0.4, 0.5) is 5.13 Å². The number of nitrogens with zero attached hydrogens (tertiary/aromatic N) is 2. The molecule has 178 valence electrons. The largest absolute Gasteiger partial charge is 0.507 e. The Morgan fingerprint density at radius 1 is 1.14 bits per heavy atom. The Morgan fingerprint density at radius 2 is 1.91 bits per heavy atom. The van der Waals surface area contributed by atoms with Gasteiger partial charge in [0.25, 0.3) is 5.78 Å². The van der Waals surface area contributed by atoms with Gasteiger partial charge in [-0.3, -0.25) is 14.5 Å². The second-order valence-electron chi connectivity index (χ2n) is 8.52. The number of amides is 1. The van der Waals surface area contributed by atoms with Gasteiger partial charge >= 0.3 is 5.91 Å². The van der Waals surface area contributed by atoms with Gasteiger partial charge in [-0.1, -0.05) is 37.3 Å². The highest BCUT2D eigenvalue weighted by molar-refractivity contribution is 7.22. The minimum atomic E-state index is -0.758. The number of carbonyl (C=O) groups excluding carboxylic acids is 2. The van der Waals surface area contributed by atoms with Gasteiger partial charge in [-0.25, -0.2) is 4.98 Å². The Balaban J connectivity index is 1.63. The number of Topliss-reactive ketones (excluding diaryl/α,β-unsaturated/α-hetero) is 1. The predicted octanol–water partition coefficient (Wildman–Crippen LogP) is 6.51. The number of thiazole rings is 1. The minimum absolute atomic E-state index is 0.0590. The molecule has 2 aromatic heterocycles. The van der Waals surface area contributed by atoms with Gasteiger partial charge in [0, 0.05) is 10.4 Å². The third-order valence-corrected chi connectivity index (χ3v) is 7.91. The van der Waals surface area contributed by atoms with Gasteiger partial charge in [0.15, 0.2) is 5.13 Å². The highest BCUT2D eigenvalue weighted by Crippen LogP contribution is 2.45. The number of benzene rings is 2. The van der Waals surface area contributed by atoms with Gasteiger partial charge in [-0.2, -0.15) is 0 Å². The van der Waals surface area contributed by atoms with Crippen molar-refractivity contribution >= 4 is 55.5 Å². The molecule has 2 aromatic carbocycles. The molecule has 6 nitrogen and oxygen atoms in total. The van der Waals surface area contributed by atoms with E-state index in [1.165, 1.54) is 33.1 Å². The number of thiophene rings is 1. The first-order valence-corrected chi connectivity index (χ1v) is 13.1. The molecule has 35 heavy (non-hydrogen) atoms. The fraction of sp³-hybridized carbons (Fsp3) is 0.222. The van der Waals surface area contributed by atoms with Gasteiger partial charge in [-0.15, -0.1) is 11.3 Å². The second-order valence-corrected chi connectivity index (χ2v) is 10.5. The Kier molecular flexibility index (Phi) is 6.17. The number of fused-ring (bicyclic) bond motifs is 1. The summed E-state index contributed by atoms with van der Waals surface area (Å²) in [6, 6.07) is 15.9. The van der Waals surface area contributed by atoms with Crippen molar-refractivity contribution in [2.75, 3.05) is 11.5 Å². The number of carbonyl (C=O) groups is 2. The number of aliphatic hydroxyl groups excluding tert-OH is 1. The summed E-state index contributed by atoms with van der Waals surface area (Å²) in [5.41, 5.74) is 2.45. The molecular weight excluding hydrogens is 480 g/mol. The molecule has 0 radical (unpaired) electrons. The molecule has 1 aliphatic rings. The highest BCUT2D eigenvalue weighted by Gasteiger charge is 2.48. The zero-order valence-corrected chi connectivity index (χ0v) is 21.2. The van der Waals surface area contributed by atoms with Crippen LogP contribution in [0.5, 0.6) is 5.75 Å². The molecular formula is C27H24N2O4S2. The number of aliphatic hydroxyl groups is 1. The first-order chi connectivity index (χ1) is 16.9. The van der Waals surface area contributed by atoms with Crippen molar-refractivity contribution in [3.05, 3.63) is 81.6 Å². The quantitative estimate of drug-likeness (QED) is 0.184. The Hall–Kier alpha value is -3.49. The molecule has 1 unspecified atom stereocenters. The summed E-state index contributed by atoms with van der Waals surface area (Å²) in [6.45, 7) is 6.66. The van der Waals surface area contributed by atoms with Gasteiger partial charge < -0.3 is 9.84 Å². The first kappa shape index (κ1) is 23.3. The zero-order chi connectivity index (χ0) is 24.7. The predicted molar refractivity (Wildman–Crippen MR) is 140 cm³/mol. The topological polar surface area (TPSA) is 79.7 Å². The van der Waals surface area contributed by atoms with E-state index in [2.05, 4.69) is 19.9 Å². The molecule has 1 atom stereocenters. The van der Waals surface area contributed by atoms with Gasteiger partial charge in [-0.05, 0) is 66.2 Å². The number of rotatable bonds is 6. The fourth-order valence-corrected chi connectivity index (χ4v) is 6.03. The molecule has 1 fully saturated rings. The summed E-state index contributed by atoms with van der Waals surface area (Å²) < 4.78 is 6.43. The van der Waals surface area contributed by atoms with Gasteiger partial charge in [0.1, 0.15) is 17.6 Å². The molecule has 0 spiro atoms. The van der Waals surface area contributed by atoms with Crippen molar-refractivity contribution in [3.63, 3.8) is 0 Å². The Morgan fingerprint density at radius 3 is 2.57 bits per heavy atom. The molecule has 5 rings (SSSR count). The Bertz CT molecular complexity index is 1440. The van der Waals surface area contributed by atoms with Crippen LogP contribution >= 0.6 is 22.7 Å². The van der Waals surface area contributed by atoms with Crippen LogP contribution in [-0.4, -0.2) is 28.4 Å². The lowest BCUT2D eigenvalue weighted by Crippen LogP contribution is -2.28. The van der Waals surface area contributed by atoms with Crippen LogP contribution in [-0.2, 0) is 9.59 Å². The summed E-state index contributed by atoms with van der Waals surface area (Å²) >= 11 is 2.80. The van der Waals surface area contributed by atoms with Crippen molar-refractivity contribution in [2.45, 2.75) is 32.7 Å². The lowest BCUT2D eigenvalue weighted by Gasteiger charge is -2.21. The minimum Gasteiger partial charge on any atom is -0.507 e. The summed E-state index contributed by atoms with van der Waals surface area (Å²) in [6.07, 6.45) is 0. The van der Waals surface area contributed by atoms with Crippen molar-refractivity contribution < 1.29 is 19.4 Å². The van der Waals surface area contributed by atoms with Crippen molar-refractivity contribution in [1.82, 2.24) is 4.98 Å². The molecule has 1 aliphatic heterocycles. The molecule has 3 heterocycles. The fourth-order valence-electron chi connectivity index (χ4n) is 4.17. The van der Waals surface area contributed by atoms with Crippen molar-refractivity contribution in [2.24, 2.45) is 0 Å². The van der Waals surface area contributed by atoms with Crippen LogP contribution in [0, 0.1) is 0 Å². The monoisotopic (exact) mass is 504 g/mol. The third-order valence-electron chi connectivity index (χ3n) is 5.97. The number of ether oxygens (including phenoxy) is 1. The molecule has 4 aromatic rings. The van der Waals surface area contributed by atoms with E-state index in [0.717, 1.165) is 15.1 Å². The van der Waals surface area contributed by atoms with Crippen molar-refractivity contribution in [1.29, 1.82) is 0 Å². The summed E-state index contributed by atoms with van der Waals surface area (Å²) in [5, 5.41) is 13.6. The van der Waals surface area contributed by atoms with Crippen LogP contribution in [0.2, 0.25) is 0 Å².